The lowest BCUT2D eigenvalue weighted by molar-refractivity contribution is 0.572. The minimum atomic E-state index is 1.36. The van der Waals surface area contributed by atoms with Crippen molar-refractivity contribution in [3.63, 3.8) is 0 Å². The van der Waals surface area contributed by atoms with E-state index in [0.29, 0.717) is 0 Å². The predicted molar refractivity (Wildman–Crippen MR) is 131 cm³/mol. The maximum absolute atomic E-state index is 2.27. The van der Waals surface area contributed by atoms with Crippen LogP contribution in [0.25, 0.3) is 0 Å². The van der Waals surface area contributed by atoms with Crippen LogP contribution >= 0.6 is 0 Å². The third kappa shape index (κ3) is 46.2. The van der Waals surface area contributed by atoms with Crippen molar-refractivity contribution in [2.75, 3.05) is 0 Å². The summed E-state index contributed by atoms with van der Waals surface area (Å²) in [6.07, 6.45) is 29.9. The molecule has 27 heavy (non-hydrogen) atoms. The molecular formula is C27H60. The molecule has 0 rings (SSSR count). The van der Waals surface area contributed by atoms with Crippen molar-refractivity contribution in [2.24, 2.45) is 0 Å². The highest BCUT2D eigenvalue weighted by molar-refractivity contribution is 4.45. The fraction of sp³-hybridized carbons (Fsp3) is 1.00. The number of hydrogen-bond donors (Lipinski definition) is 0. The van der Waals surface area contributed by atoms with Crippen molar-refractivity contribution in [3.05, 3.63) is 0 Å². The molecule has 0 heterocycles. The van der Waals surface area contributed by atoms with E-state index in [9.17, 15) is 0 Å². The summed E-state index contributed by atoms with van der Waals surface area (Å²) in [7, 11) is 0. The van der Waals surface area contributed by atoms with Crippen LogP contribution in [0.1, 0.15) is 176 Å². The summed E-state index contributed by atoms with van der Waals surface area (Å²) in [6, 6.07) is 0. The van der Waals surface area contributed by atoms with Crippen LogP contribution in [0.15, 0.2) is 0 Å². The van der Waals surface area contributed by atoms with E-state index in [1.54, 1.807) is 0 Å². The molecule has 0 aromatic rings. The van der Waals surface area contributed by atoms with Gasteiger partial charge in [-0.2, -0.15) is 0 Å². The van der Waals surface area contributed by atoms with Gasteiger partial charge in [-0.25, -0.2) is 0 Å². The van der Waals surface area contributed by atoms with Crippen LogP contribution in [0.2, 0.25) is 0 Å². The molecule has 0 atom stereocenters. The van der Waals surface area contributed by atoms with E-state index in [1.807, 2.05) is 0 Å². The normalized spacial score (nSPS) is 10.0. The molecule has 0 N–H and O–H groups in total. The van der Waals surface area contributed by atoms with Gasteiger partial charge in [-0.15, -0.1) is 0 Å². The number of rotatable bonds is 18. The molecule has 0 amide bonds. The van der Waals surface area contributed by atoms with Gasteiger partial charge < -0.3 is 0 Å². The van der Waals surface area contributed by atoms with Crippen LogP contribution in [0.4, 0.5) is 0 Å². The number of unbranched alkanes of at least 4 members (excludes halogenated alkanes) is 18. The molecule has 0 aromatic carbocycles. The van der Waals surface area contributed by atoms with Gasteiger partial charge in [-0.05, 0) is 0 Å². The summed E-state index contributed by atoms with van der Waals surface area (Å²) in [4.78, 5) is 0. The molecule has 0 fully saturated rings. The van der Waals surface area contributed by atoms with Gasteiger partial charge in [0.15, 0.2) is 0 Å². The van der Waals surface area contributed by atoms with Gasteiger partial charge in [0.2, 0.25) is 0 Å². The third-order valence-electron chi connectivity index (χ3n) is 5.12. The Morgan fingerprint density at radius 1 is 0.185 bits per heavy atom. The van der Waals surface area contributed by atoms with E-state index < -0.39 is 0 Å². The molecule has 0 aliphatic rings. The summed E-state index contributed by atoms with van der Waals surface area (Å²) in [5, 5.41) is 0. The lowest BCUT2D eigenvalue weighted by atomic mass is 10.1. The van der Waals surface area contributed by atoms with Crippen LogP contribution in [0.3, 0.4) is 0 Å². The van der Waals surface area contributed by atoms with Gasteiger partial charge in [0.25, 0.3) is 0 Å². The lowest BCUT2D eigenvalue weighted by Gasteiger charge is -1.98. The van der Waals surface area contributed by atoms with Crippen molar-refractivity contribution >= 4 is 0 Å². The second-order valence-electron chi connectivity index (χ2n) is 8.30. The Hall–Kier alpha value is 0. The summed E-state index contributed by atoms with van der Waals surface area (Å²) in [5.74, 6) is 0. The Bertz CT molecular complexity index is 164. The molecule has 0 nitrogen and oxygen atoms in total. The van der Waals surface area contributed by atoms with Crippen molar-refractivity contribution in [2.45, 2.75) is 176 Å². The minimum absolute atomic E-state index is 1.36. The maximum Gasteiger partial charge on any atom is -0.0533 e. The first-order valence-corrected chi connectivity index (χ1v) is 13.2. The molecule has 0 bridgehead atoms. The van der Waals surface area contributed by atoms with Crippen LogP contribution in [0.5, 0.6) is 0 Å². The van der Waals surface area contributed by atoms with Gasteiger partial charge in [0, 0.05) is 0 Å². The Morgan fingerprint density at radius 3 is 0.444 bits per heavy atom. The van der Waals surface area contributed by atoms with E-state index in [4.69, 9.17) is 0 Å². The summed E-state index contributed by atoms with van der Waals surface area (Å²) >= 11 is 0. The molecule has 0 saturated heterocycles. The average Bonchev–Trinajstić information content (AvgIpc) is 2.69. The SMILES string of the molecule is CCCCCC.CCCCCCCCCC.CCCCCCCCCCC. The third-order valence-corrected chi connectivity index (χ3v) is 5.12. The molecule has 0 aliphatic carbocycles. The van der Waals surface area contributed by atoms with Crippen molar-refractivity contribution in [1.82, 2.24) is 0 Å². The Kier molecular flexibility index (Phi) is 43.2. The minimum Gasteiger partial charge on any atom is -0.0654 e. The van der Waals surface area contributed by atoms with Crippen molar-refractivity contribution < 1.29 is 0 Å². The smallest absolute Gasteiger partial charge is 0.0533 e. The zero-order valence-electron chi connectivity index (χ0n) is 20.8. The quantitative estimate of drug-likeness (QED) is 0.206. The fourth-order valence-electron chi connectivity index (χ4n) is 3.09. The highest BCUT2D eigenvalue weighted by Crippen LogP contribution is 2.09. The molecule has 0 aromatic heterocycles. The topological polar surface area (TPSA) is 0 Å². The molecular weight excluding hydrogens is 324 g/mol. The highest BCUT2D eigenvalue weighted by atomic mass is 14.0. The van der Waals surface area contributed by atoms with Crippen LogP contribution in [0, 0.1) is 0 Å². The Balaban J connectivity index is -0.000000334. The lowest BCUT2D eigenvalue weighted by Crippen LogP contribution is -1.79. The summed E-state index contributed by atoms with van der Waals surface area (Å²) in [5.41, 5.74) is 0. The van der Waals surface area contributed by atoms with E-state index in [0.717, 1.165) is 0 Å². The van der Waals surface area contributed by atoms with Gasteiger partial charge in [-0.1, -0.05) is 176 Å². The highest BCUT2D eigenvalue weighted by Gasteiger charge is 1.89. The van der Waals surface area contributed by atoms with Crippen molar-refractivity contribution in [1.29, 1.82) is 0 Å². The zero-order valence-corrected chi connectivity index (χ0v) is 20.8. The van der Waals surface area contributed by atoms with E-state index in [-0.39, 0.29) is 0 Å². The zero-order chi connectivity index (χ0) is 20.8. The predicted octanol–water partition coefficient (Wildman–Crippen LogP) is 11.3. The average molecular weight is 385 g/mol. The molecule has 0 spiro atoms. The molecule has 0 heteroatoms. The van der Waals surface area contributed by atoms with Crippen LogP contribution < -0.4 is 0 Å². The molecule has 0 aliphatic heterocycles. The second kappa shape index (κ2) is 36.8. The van der Waals surface area contributed by atoms with Gasteiger partial charge in [0.1, 0.15) is 0 Å². The van der Waals surface area contributed by atoms with Gasteiger partial charge >= 0.3 is 0 Å². The monoisotopic (exact) mass is 384 g/mol. The summed E-state index contributed by atoms with van der Waals surface area (Å²) in [6.45, 7) is 13.6. The van der Waals surface area contributed by atoms with Crippen LogP contribution in [-0.2, 0) is 0 Å². The maximum atomic E-state index is 2.27. The Morgan fingerprint density at radius 2 is 0.296 bits per heavy atom. The first-order chi connectivity index (χ1) is 13.2. The first-order valence-electron chi connectivity index (χ1n) is 13.2. The van der Waals surface area contributed by atoms with Gasteiger partial charge in [0.05, 0.1) is 0 Å². The second-order valence-corrected chi connectivity index (χ2v) is 8.30. The largest absolute Gasteiger partial charge is 0.0654 e. The molecule has 0 radical (unpaired) electrons. The summed E-state index contributed by atoms with van der Waals surface area (Å²) < 4.78 is 0. The van der Waals surface area contributed by atoms with E-state index >= 15 is 0 Å². The van der Waals surface area contributed by atoms with Crippen molar-refractivity contribution in [3.8, 4) is 0 Å². The van der Waals surface area contributed by atoms with Crippen LogP contribution in [-0.4, -0.2) is 0 Å². The fourth-order valence-corrected chi connectivity index (χ4v) is 3.09. The molecule has 0 unspecified atom stereocenters. The number of hydrogen-bond acceptors (Lipinski definition) is 0. The molecule has 168 valence electrons. The van der Waals surface area contributed by atoms with E-state index in [1.165, 1.54) is 135 Å². The standard InChI is InChI=1S/C11H24.C10H22.C6H14/c1-3-5-7-9-11-10-8-6-4-2;1-3-5-7-9-10-8-6-4-2;1-3-5-6-4-2/h3-11H2,1-2H3;3-10H2,1-2H3;3-6H2,1-2H3. The van der Waals surface area contributed by atoms with E-state index in [2.05, 4.69) is 41.5 Å². The molecule has 0 saturated carbocycles. The Labute approximate surface area is 176 Å². The first kappa shape index (κ1) is 31.7. The van der Waals surface area contributed by atoms with Gasteiger partial charge in [-0.3, -0.25) is 0 Å².